The van der Waals surface area contributed by atoms with Gasteiger partial charge in [-0.1, -0.05) is 61.8 Å². The molecule has 0 aromatic heterocycles. The van der Waals surface area contributed by atoms with Crippen LogP contribution in [-0.4, -0.2) is 50.9 Å². The second-order valence-electron chi connectivity index (χ2n) is 9.42. The van der Waals surface area contributed by atoms with Gasteiger partial charge in [-0.15, -0.1) is 0 Å². The third kappa shape index (κ3) is 7.76. The van der Waals surface area contributed by atoms with Crippen molar-refractivity contribution < 1.29 is 22.7 Å². The van der Waals surface area contributed by atoms with Gasteiger partial charge in [0.1, 0.15) is 18.3 Å². The molecule has 0 saturated carbocycles. The summed E-state index contributed by atoms with van der Waals surface area (Å²) >= 11 is 6.07. The van der Waals surface area contributed by atoms with Gasteiger partial charge in [-0.05, 0) is 61.7 Å². The maximum Gasteiger partial charge on any atom is 0.264 e. The highest BCUT2D eigenvalue weighted by Crippen LogP contribution is 2.28. The lowest BCUT2D eigenvalue weighted by Crippen LogP contribution is -2.53. The number of nitrogens with one attached hydrogen (secondary N) is 1. The minimum atomic E-state index is -4.15. The molecule has 3 aromatic carbocycles. The Kier molecular flexibility index (Phi) is 11.0. The molecule has 2 atom stereocenters. The van der Waals surface area contributed by atoms with Crippen molar-refractivity contribution in [1.29, 1.82) is 0 Å². The van der Waals surface area contributed by atoms with E-state index in [1.54, 1.807) is 66.7 Å². The van der Waals surface area contributed by atoms with Crippen molar-refractivity contribution >= 4 is 39.1 Å². The fourth-order valence-corrected chi connectivity index (χ4v) is 5.71. The smallest absolute Gasteiger partial charge is 0.264 e. The van der Waals surface area contributed by atoms with Crippen LogP contribution in [0.15, 0.2) is 83.8 Å². The summed E-state index contributed by atoms with van der Waals surface area (Å²) in [6.07, 6.45) is 1.07. The summed E-state index contributed by atoms with van der Waals surface area (Å²) in [5.41, 5.74) is 1.02. The number of amides is 2. The number of anilines is 1. The van der Waals surface area contributed by atoms with Crippen LogP contribution in [0.1, 0.15) is 39.2 Å². The molecule has 0 aliphatic carbocycles. The van der Waals surface area contributed by atoms with Gasteiger partial charge in [-0.25, -0.2) is 8.42 Å². The molecular formula is C30H36ClN3O5S. The highest BCUT2D eigenvalue weighted by Gasteiger charge is 2.34. The Bertz CT molecular complexity index is 1380. The second kappa shape index (κ2) is 14.2. The number of hydrogen-bond donors (Lipinski definition) is 1. The molecule has 214 valence electrons. The number of hydrogen-bond acceptors (Lipinski definition) is 5. The number of methoxy groups -OCH3 is 1. The van der Waals surface area contributed by atoms with Crippen LogP contribution in [0.4, 0.5) is 5.69 Å². The summed E-state index contributed by atoms with van der Waals surface area (Å²) in [6, 6.07) is 20.5. The van der Waals surface area contributed by atoms with Crippen LogP contribution in [0.3, 0.4) is 0 Å². The topological polar surface area (TPSA) is 96.0 Å². The Balaban J connectivity index is 2.06. The number of rotatable bonds is 13. The van der Waals surface area contributed by atoms with E-state index in [9.17, 15) is 18.0 Å². The lowest BCUT2D eigenvalue weighted by Gasteiger charge is -2.33. The number of nitrogens with zero attached hydrogens (tertiary/aromatic N) is 2. The molecule has 0 aliphatic heterocycles. The van der Waals surface area contributed by atoms with E-state index in [1.807, 2.05) is 20.8 Å². The van der Waals surface area contributed by atoms with Gasteiger partial charge in [0.2, 0.25) is 11.8 Å². The zero-order valence-corrected chi connectivity index (χ0v) is 24.8. The van der Waals surface area contributed by atoms with Crippen LogP contribution in [0, 0.1) is 0 Å². The number of ether oxygens (including phenoxy) is 1. The standard InChI is InChI=1S/C30H36ClN3O5S/c1-5-22(3)32-30(36)28(6-2)33(20-23-15-17-24(31)18-16-23)29(35)21-34(25-11-10-12-26(19-25)39-4)40(37,38)27-13-8-7-9-14-27/h7-19,22,28H,5-6,20-21H2,1-4H3,(H,32,36)/t22-,28+/m1/s1. The van der Waals surface area contributed by atoms with Gasteiger partial charge in [0.05, 0.1) is 17.7 Å². The number of halogens is 1. The Morgan fingerprint density at radius 2 is 1.62 bits per heavy atom. The van der Waals surface area contributed by atoms with Crippen molar-refractivity contribution in [2.24, 2.45) is 0 Å². The number of benzene rings is 3. The fraction of sp³-hybridized carbons (Fsp3) is 0.333. The molecule has 0 heterocycles. The normalized spacial score (nSPS) is 12.7. The number of carbonyl (C=O) groups is 2. The van der Waals surface area contributed by atoms with Crippen molar-refractivity contribution in [3.05, 3.63) is 89.4 Å². The summed E-state index contributed by atoms with van der Waals surface area (Å²) < 4.78 is 34.1. The third-order valence-electron chi connectivity index (χ3n) is 6.60. The van der Waals surface area contributed by atoms with E-state index in [1.165, 1.54) is 24.1 Å². The molecule has 0 radical (unpaired) electrons. The first-order valence-corrected chi connectivity index (χ1v) is 15.0. The third-order valence-corrected chi connectivity index (χ3v) is 8.64. The lowest BCUT2D eigenvalue weighted by molar-refractivity contribution is -0.140. The molecule has 1 N–H and O–H groups in total. The van der Waals surface area contributed by atoms with Crippen LogP contribution in [0.5, 0.6) is 5.75 Å². The molecule has 8 nitrogen and oxygen atoms in total. The SMILES string of the molecule is CC[C@@H](C)NC(=O)[C@H](CC)N(Cc1ccc(Cl)cc1)C(=O)CN(c1cccc(OC)c1)S(=O)(=O)c1ccccc1. The first-order chi connectivity index (χ1) is 19.1. The maximum absolute atomic E-state index is 14.1. The predicted molar refractivity (Wildman–Crippen MR) is 158 cm³/mol. The van der Waals surface area contributed by atoms with Crippen molar-refractivity contribution in [3.8, 4) is 5.75 Å². The van der Waals surface area contributed by atoms with Crippen molar-refractivity contribution in [2.45, 2.75) is 57.1 Å². The summed E-state index contributed by atoms with van der Waals surface area (Å²) in [4.78, 5) is 28.9. The predicted octanol–water partition coefficient (Wildman–Crippen LogP) is 5.27. The molecule has 0 bridgehead atoms. The minimum absolute atomic E-state index is 0.0384. The maximum atomic E-state index is 14.1. The molecule has 40 heavy (non-hydrogen) atoms. The van der Waals surface area contributed by atoms with Crippen LogP contribution < -0.4 is 14.4 Å². The van der Waals surface area contributed by atoms with Crippen LogP contribution in [0.2, 0.25) is 5.02 Å². The molecule has 2 amide bonds. The lowest BCUT2D eigenvalue weighted by atomic mass is 10.1. The molecule has 0 spiro atoms. The molecule has 10 heteroatoms. The quantitative estimate of drug-likeness (QED) is 0.295. The van der Waals surface area contributed by atoms with Gasteiger partial charge in [0, 0.05) is 23.7 Å². The largest absolute Gasteiger partial charge is 0.497 e. The van der Waals surface area contributed by atoms with Crippen molar-refractivity contribution in [1.82, 2.24) is 10.2 Å². The zero-order valence-electron chi connectivity index (χ0n) is 23.2. The minimum Gasteiger partial charge on any atom is -0.497 e. The van der Waals surface area contributed by atoms with Gasteiger partial charge in [0.25, 0.3) is 10.0 Å². The van der Waals surface area contributed by atoms with Crippen molar-refractivity contribution in [3.63, 3.8) is 0 Å². The van der Waals surface area contributed by atoms with Gasteiger partial charge in [0.15, 0.2) is 0 Å². The Morgan fingerprint density at radius 1 is 0.950 bits per heavy atom. The first-order valence-electron chi connectivity index (χ1n) is 13.2. The van der Waals surface area contributed by atoms with E-state index in [-0.39, 0.29) is 29.1 Å². The Morgan fingerprint density at radius 3 is 2.23 bits per heavy atom. The molecule has 3 rings (SSSR count). The summed E-state index contributed by atoms with van der Waals surface area (Å²) in [5.74, 6) is -0.378. The monoisotopic (exact) mass is 585 g/mol. The summed E-state index contributed by atoms with van der Waals surface area (Å²) in [6.45, 7) is 5.25. The van der Waals surface area contributed by atoms with E-state index in [2.05, 4.69) is 5.32 Å². The van der Waals surface area contributed by atoms with Gasteiger partial charge in [-0.3, -0.25) is 13.9 Å². The van der Waals surface area contributed by atoms with Crippen LogP contribution >= 0.6 is 11.6 Å². The van der Waals surface area contributed by atoms with Crippen molar-refractivity contribution in [2.75, 3.05) is 18.0 Å². The Labute approximate surface area is 241 Å². The van der Waals surface area contributed by atoms with Crippen LogP contribution in [-0.2, 0) is 26.2 Å². The molecule has 3 aromatic rings. The second-order valence-corrected chi connectivity index (χ2v) is 11.7. The number of sulfonamides is 1. The van der Waals surface area contributed by atoms with Gasteiger partial charge in [-0.2, -0.15) is 0 Å². The highest BCUT2D eigenvalue weighted by molar-refractivity contribution is 7.92. The zero-order chi connectivity index (χ0) is 29.3. The van der Waals surface area contributed by atoms with E-state index < -0.39 is 28.5 Å². The average Bonchev–Trinajstić information content (AvgIpc) is 2.96. The van der Waals surface area contributed by atoms with E-state index in [4.69, 9.17) is 16.3 Å². The van der Waals surface area contributed by atoms with Gasteiger partial charge < -0.3 is 15.0 Å². The first kappa shape index (κ1) is 31.0. The molecule has 0 saturated heterocycles. The van der Waals surface area contributed by atoms with Crippen LogP contribution in [0.25, 0.3) is 0 Å². The molecule has 0 aliphatic rings. The summed E-state index contributed by atoms with van der Waals surface area (Å²) in [5, 5.41) is 3.51. The highest BCUT2D eigenvalue weighted by atomic mass is 35.5. The van der Waals surface area contributed by atoms with E-state index in [0.717, 1.165) is 16.3 Å². The fourth-order valence-electron chi connectivity index (χ4n) is 4.16. The molecular weight excluding hydrogens is 550 g/mol. The Hall–Kier alpha value is -3.56. The summed E-state index contributed by atoms with van der Waals surface area (Å²) in [7, 11) is -2.67. The average molecular weight is 586 g/mol. The van der Waals surface area contributed by atoms with E-state index in [0.29, 0.717) is 17.2 Å². The van der Waals surface area contributed by atoms with E-state index >= 15 is 0 Å². The molecule has 0 fully saturated rings. The number of carbonyl (C=O) groups excluding carboxylic acids is 2. The molecule has 0 unspecified atom stereocenters. The van der Waals surface area contributed by atoms with Gasteiger partial charge >= 0.3 is 0 Å².